The van der Waals surface area contributed by atoms with Crippen LogP contribution in [0.5, 0.6) is 5.75 Å². The molecule has 0 unspecified atom stereocenters. The van der Waals surface area contributed by atoms with E-state index in [1.807, 2.05) is 19.9 Å². The molecule has 0 spiro atoms. The first-order chi connectivity index (χ1) is 14.5. The number of anilines is 1. The van der Waals surface area contributed by atoms with Crippen molar-refractivity contribution in [1.29, 1.82) is 0 Å². The first-order valence-corrected chi connectivity index (χ1v) is 9.62. The predicted octanol–water partition coefficient (Wildman–Crippen LogP) is 3.78. The van der Waals surface area contributed by atoms with Crippen molar-refractivity contribution < 1.29 is 13.7 Å². The molecule has 1 aliphatic heterocycles. The van der Waals surface area contributed by atoms with Crippen molar-refractivity contribution >= 4 is 5.82 Å². The van der Waals surface area contributed by atoms with Crippen LogP contribution in [0, 0.1) is 5.82 Å². The number of aryl methyl sites for hydroxylation is 1. The van der Waals surface area contributed by atoms with Gasteiger partial charge in [-0.15, -0.1) is 0 Å². The molecular weight excluding hydrogens is 387 g/mol. The first-order valence-electron chi connectivity index (χ1n) is 9.62. The van der Waals surface area contributed by atoms with Gasteiger partial charge in [-0.1, -0.05) is 12.1 Å². The van der Waals surface area contributed by atoms with Gasteiger partial charge in [0.2, 0.25) is 0 Å². The van der Waals surface area contributed by atoms with Crippen LogP contribution in [0.1, 0.15) is 37.0 Å². The minimum Gasteiger partial charge on any atom is -0.482 e. The number of nitrogen functional groups attached to an aromatic ring is 1. The van der Waals surface area contributed by atoms with Crippen LogP contribution in [0.3, 0.4) is 0 Å². The Balaban J connectivity index is 1.79. The third-order valence-corrected chi connectivity index (χ3v) is 5.24. The van der Waals surface area contributed by atoms with Crippen molar-refractivity contribution in [3.63, 3.8) is 0 Å². The van der Waals surface area contributed by atoms with E-state index < -0.39 is 6.10 Å². The van der Waals surface area contributed by atoms with Crippen molar-refractivity contribution in [3.05, 3.63) is 59.6 Å². The van der Waals surface area contributed by atoms with Crippen molar-refractivity contribution in [2.75, 3.05) is 5.73 Å². The fourth-order valence-corrected chi connectivity index (χ4v) is 3.78. The minimum atomic E-state index is -0.507. The summed E-state index contributed by atoms with van der Waals surface area (Å²) in [4.78, 5) is 8.71. The number of fused-ring (bicyclic) bond motifs is 7. The Kier molecular flexibility index (Phi) is 4.23. The molecule has 152 valence electrons. The largest absolute Gasteiger partial charge is 0.482 e. The molecule has 0 aliphatic carbocycles. The summed E-state index contributed by atoms with van der Waals surface area (Å²) in [5, 5.41) is 8.58. The second-order valence-electron chi connectivity index (χ2n) is 7.12. The number of aromatic nitrogens is 5. The third kappa shape index (κ3) is 2.90. The first kappa shape index (κ1) is 18.3. The number of halogens is 1. The van der Waals surface area contributed by atoms with Crippen LogP contribution in [0.25, 0.3) is 22.5 Å². The molecule has 9 heteroatoms. The van der Waals surface area contributed by atoms with E-state index in [0.717, 1.165) is 16.8 Å². The molecule has 0 saturated heterocycles. The highest BCUT2D eigenvalue weighted by Gasteiger charge is 2.25. The van der Waals surface area contributed by atoms with E-state index in [-0.39, 0.29) is 11.6 Å². The van der Waals surface area contributed by atoms with E-state index in [1.54, 1.807) is 16.9 Å². The van der Waals surface area contributed by atoms with Crippen LogP contribution in [0.15, 0.2) is 41.3 Å². The smallest absolute Gasteiger partial charge is 0.166 e. The Hall–Kier alpha value is -3.75. The quantitative estimate of drug-likeness (QED) is 0.513. The molecule has 30 heavy (non-hydrogen) atoms. The van der Waals surface area contributed by atoms with Crippen LogP contribution < -0.4 is 10.5 Å². The van der Waals surface area contributed by atoms with Crippen LogP contribution in [0.2, 0.25) is 0 Å². The summed E-state index contributed by atoms with van der Waals surface area (Å²) in [7, 11) is 0. The average molecular weight is 406 g/mol. The molecule has 1 aliphatic rings. The highest BCUT2D eigenvalue weighted by molar-refractivity contribution is 5.71. The van der Waals surface area contributed by atoms with Crippen LogP contribution in [-0.2, 0) is 13.0 Å². The SMILES string of the molecule is CCc1noc2c1-c1cnc(N)c(c1)O[C@H](C)c1cc(F)ccc1-c1ncnn1C2. The molecule has 0 fully saturated rings. The van der Waals surface area contributed by atoms with Crippen molar-refractivity contribution in [2.45, 2.75) is 32.9 Å². The lowest BCUT2D eigenvalue weighted by atomic mass is 10.0. The van der Waals surface area contributed by atoms with E-state index in [0.29, 0.717) is 41.4 Å². The van der Waals surface area contributed by atoms with Crippen molar-refractivity contribution in [3.8, 4) is 28.3 Å². The number of hydrogen-bond acceptors (Lipinski definition) is 7. The number of nitrogens with two attached hydrogens (primary N) is 1. The molecule has 4 heterocycles. The zero-order valence-corrected chi connectivity index (χ0v) is 16.5. The van der Waals surface area contributed by atoms with Gasteiger partial charge in [0, 0.05) is 22.9 Å². The molecule has 0 saturated carbocycles. The Morgan fingerprint density at radius 1 is 1.27 bits per heavy atom. The molecule has 1 atom stereocenters. The molecule has 5 rings (SSSR count). The van der Waals surface area contributed by atoms with E-state index in [1.165, 1.54) is 18.5 Å². The van der Waals surface area contributed by atoms with Gasteiger partial charge in [0.1, 0.15) is 24.8 Å². The van der Waals surface area contributed by atoms with Crippen LogP contribution in [-0.4, -0.2) is 24.9 Å². The summed E-state index contributed by atoms with van der Waals surface area (Å²) in [6.45, 7) is 4.15. The maximum absolute atomic E-state index is 14.1. The highest BCUT2D eigenvalue weighted by Crippen LogP contribution is 2.37. The van der Waals surface area contributed by atoms with Crippen LogP contribution >= 0.6 is 0 Å². The Bertz CT molecular complexity index is 1250. The second-order valence-corrected chi connectivity index (χ2v) is 7.12. The zero-order chi connectivity index (χ0) is 20.8. The fourth-order valence-electron chi connectivity index (χ4n) is 3.78. The van der Waals surface area contributed by atoms with Gasteiger partial charge in [0.15, 0.2) is 23.2 Å². The normalized spacial score (nSPS) is 15.2. The molecule has 3 aromatic heterocycles. The van der Waals surface area contributed by atoms with Gasteiger partial charge in [0.05, 0.1) is 11.3 Å². The van der Waals surface area contributed by atoms with Gasteiger partial charge in [-0.3, -0.25) is 0 Å². The second kappa shape index (κ2) is 6.94. The van der Waals surface area contributed by atoms with Gasteiger partial charge in [0.25, 0.3) is 0 Å². The summed E-state index contributed by atoms with van der Waals surface area (Å²) in [6.07, 6.45) is 3.31. The van der Waals surface area contributed by atoms with Gasteiger partial charge in [-0.25, -0.2) is 19.0 Å². The summed E-state index contributed by atoms with van der Waals surface area (Å²) in [6, 6.07) is 6.32. The molecule has 4 aromatic rings. The maximum atomic E-state index is 14.1. The third-order valence-electron chi connectivity index (χ3n) is 5.24. The zero-order valence-electron chi connectivity index (χ0n) is 16.5. The number of pyridine rings is 1. The number of nitrogens with zero attached hydrogens (tertiary/aromatic N) is 5. The predicted molar refractivity (Wildman–Crippen MR) is 107 cm³/mol. The lowest BCUT2D eigenvalue weighted by Gasteiger charge is -2.20. The van der Waals surface area contributed by atoms with Gasteiger partial charge in [-0.2, -0.15) is 5.10 Å². The number of ether oxygens (including phenoxy) is 1. The molecule has 2 N–H and O–H groups in total. The van der Waals surface area contributed by atoms with E-state index in [2.05, 4.69) is 20.2 Å². The Morgan fingerprint density at radius 3 is 2.97 bits per heavy atom. The van der Waals surface area contributed by atoms with E-state index >= 15 is 0 Å². The van der Waals surface area contributed by atoms with E-state index in [9.17, 15) is 4.39 Å². The van der Waals surface area contributed by atoms with Crippen molar-refractivity contribution in [1.82, 2.24) is 24.9 Å². The topological polar surface area (TPSA) is 105 Å². The Labute approximate surface area is 171 Å². The summed E-state index contributed by atoms with van der Waals surface area (Å²) >= 11 is 0. The minimum absolute atomic E-state index is 0.250. The van der Waals surface area contributed by atoms with Crippen molar-refractivity contribution in [2.24, 2.45) is 0 Å². The highest BCUT2D eigenvalue weighted by atomic mass is 19.1. The molecular formula is C21H19FN6O2. The average Bonchev–Trinajstić information content (AvgIpc) is 3.36. The lowest BCUT2D eigenvalue weighted by molar-refractivity contribution is 0.227. The molecule has 2 bridgehead atoms. The Morgan fingerprint density at radius 2 is 2.13 bits per heavy atom. The van der Waals surface area contributed by atoms with E-state index in [4.69, 9.17) is 15.0 Å². The fraction of sp³-hybridized carbons (Fsp3) is 0.238. The number of hydrogen-bond donors (Lipinski definition) is 1. The van der Waals surface area contributed by atoms with Crippen LogP contribution in [0.4, 0.5) is 10.2 Å². The standard InChI is InChI=1S/C21H19FN6O2/c1-3-16-19-12-6-17(20(23)24-8-12)29-11(2)15-7-13(22)4-5-14(15)21-25-10-26-28(21)9-18(19)30-27-16/h4-8,10-11H,3,9H2,1-2H3,(H2,23,24)/t11-/m1/s1. The van der Waals surface area contributed by atoms with Gasteiger partial charge >= 0.3 is 0 Å². The monoisotopic (exact) mass is 406 g/mol. The molecule has 0 amide bonds. The molecule has 1 aromatic carbocycles. The molecule has 8 nitrogen and oxygen atoms in total. The van der Waals surface area contributed by atoms with Gasteiger partial charge < -0.3 is 15.0 Å². The molecule has 0 radical (unpaired) electrons. The lowest BCUT2D eigenvalue weighted by Crippen LogP contribution is -2.11. The summed E-state index contributed by atoms with van der Waals surface area (Å²) in [5.74, 6) is 1.49. The maximum Gasteiger partial charge on any atom is 0.166 e. The number of benzene rings is 1. The number of rotatable bonds is 1. The summed E-state index contributed by atoms with van der Waals surface area (Å²) in [5.41, 5.74) is 9.83. The summed E-state index contributed by atoms with van der Waals surface area (Å²) < 4.78 is 27.6. The van der Waals surface area contributed by atoms with Gasteiger partial charge in [-0.05, 0) is 37.6 Å².